The molecule has 0 radical (unpaired) electrons. The Morgan fingerprint density at radius 3 is 2.59 bits per heavy atom. The highest BCUT2D eigenvalue weighted by Crippen LogP contribution is 2.21. The zero-order chi connectivity index (χ0) is 16.9. The van der Waals surface area contributed by atoms with Crippen molar-refractivity contribution in [3.05, 3.63) is 23.8 Å². The number of allylic oxidation sites excluding steroid dienone is 1. The molecule has 0 saturated heterocycles. The monoisotopic (exact) mass is 312 g/mol. The Hall–Kier alpha value is -1.17. The van der Waals surface area contributed by atoms with Gasteiger partial charge in [0.1, 0.15) is 11.7 Å². The number of cyclic esters (lactones) is 1. The van der Waals surface area contributed by atoms with Gasteiger partial charge in [0.15, 0.2) is 0 Å². The number of carbonyl (C=O) groups is 1. The number of aliphatic hydroxyl groups is 3. The summed E-state index contributed by atoms with van der Waals surface area (Å²) in [6.07, 6.45) is 3.64. The van der Waals surface area contributed by atoms with Crippen LogP contribution in [0.15, 0.2) is 23.8 Å². The van der Waals surface area contributed by atoms with Gasteiger partial charge in [-0.15, -0.1) is 0 Å². The first-order valence-corrected chi connectivity index (χ1v) is 7.77. The molecule has 3 N–H and O–H groups in total. The Kier molecular flexibility index (Phi) is 6.78. The van der Waals surface area contributed by atoms with E-state index >= 15 is 0 Å². The average molecular weight is 312 g/mol. The lowest BCUT2D eigenvalue weighted by Crippen LogP contribution is -2.40. The van der Waals surface area contributed by atoms with Crippen molar-refractivity contribution in [2.45, 2.75) is 70.9 Å². The molecular formula is C17H28O5. The normalized spacial score (nSPS) is 38.9. The van der Waals surface area contributed by atoms with Crippen molar-refractivity contribution in [1.82, 2.24) is 0 Å². The van der Waals surface area contributed by atoms with E-state index in [0.29, 0.717) is 0 Å². The van der Waals surface area contributed by atoms with Crippen LogP contribution in [0.2, 0.25) is 0 Å². The number of hydrogen-bond acceptors (Lipinski definition) is 5. The van der Waals surface area contributed by atoms with Gasteiger partial charge < -0.3 is 20.1 Å². The van der Waals surface area contributed by atoms with Crippen molar-refractivity contribution in [3.63, 3.8) is 0 Å². The first-order chi connectivity index (χ1) is 10.1. The minimum atomic E-state index is -1.61. The third-order valence-corrected chi connectivity index (χ3v) is 4.32. The number of rotatable bonds is 0. The Morgan fingerprint density at radius 2 is 1.95 bits per heavy atom. The van der Waals surface area contributed by atoms with Gasteiger partial charge in [-0.3, -0.25) is 4.79 Å². The summed E-state index contributed by atoms with van der Waals surface area (Å²) in [7, 11) is 0. The number of esters is 1. The second kappa shape index (κ2) is 7.90. The topological polar surface area (TPSA) is 87.0 Å². The third kappa shape index (κ3) is 5.55. The fraction of sp³-hybridized carbons (Fsp3) is 0.706. The molecule has 0 aliphatic carbocycles. The summed E-state index contributed by atoms with van der Waals surface area (Å²) in [5.41, 5.74) is -0.824. The van der Waals surface area contributed by atoms with E-state index in [1.54, 1.807) is 0 Å². The van der Waals surface area contributed by atoms with Crippen LogP contribution in [0, 0.1) is 5.92 Å². The Labute approximate surface area is 132 Å². The van der Waals surface area contributed by atoms with Gasteiger partial charge in [-0.05, 0) is 45.1 Å². The van der Waals surface area contributed by atoms with Crippen LogP contribution in [0.4, 0.5) is 0 Å². The molecule has 1 rings (SSSR count). The molecular weight excluding hydrogens is 284 g/mol. The van der Waals surface area contributed by atoms with Gasteiger partial charge in [-0.25, -0.2) is 0 Å². The average Bonchev–Trinajstić information content (AvgIpc) is 2.43. The predicted octanol–water partition coefficient (Wildman–Crippen LogP) is 1.71. The predicted molar refractivity (Wildman–Crippen MR) is 84.1 cm³/mol. The second-order valence-corrected chi connectivity index (χ2v) is 6.45. The summed E-state index contributed by atoms with van der Waals surface area (Å²) in [5.74, 6) is -0.369. The fourth-order valence-electron chi connectivity index (χ4n) is 2.21. The highest BCUT2D eigenvalue weighted by molar-refractivity contribution is 5.70. The molecule has 0 bridgehead atoms. The molecule has 0 spiro atoms. The van der Waals surface area contributed by atoms with E-state index in [9.17, 15) is 20.1 Å². The van der Waals surface area contributed by atoms with E-state index in [1.807, 2.05) is 26.8 Å². The van der Waals surface area contributed by atoms with Gasteiger partial charge >= 0.3 is 5.97 Å². The van der Waals surface area contributed by atoms with Crippen molar-refractivity contribution in [1.29, 1.82) is 0 Å². The third-order valence-electron chi connectivity index (χ3n) is 4.32. The zero-order valence-corrected chi connectivity index (χ0v) is 13.8. The van der Waals surface area contributed by atoms with Crippen molar-refractivity contribution in [2.75, 3.05) is 0 Å². The highest BCUT2D eigenvalue weighted by atomic mass is 16.5. The summed E-state index contributed by atoms with van der Waals surface area (Å²) in [6, 6.07) is 0. The summed E-state index contributed by atoms with van der Waals surface area (Å²) in [5, 5.41) is 30.3. The molecule has 5 unspecified atom stereocenters. The van der Waals surface area contributed by atoms with E-state index in [2.05, 4.69) is 0 Å². The zero-order valence-electron chi connectivity index (χ0n) is 13.8. The van der Waals surface area contributed by atoms with E-state index in [4.69, 9.17) is 4.74 Å². The van der Waals surface area contributed by atoms with Crippen molar-refractivity contribution >= 4 is 5.97 Å². The number of carbonyl (C=O) groups excluding carboxylic acids is 1. The summed E-state index contributed by atoms with van der Waals surface area (Å²) in [6.45, 7) is 7.03. The molecule has 126 valence electrons. The van der Waals surface area contributed by atoms with Crippen LogP contribution < -0.4 is 0 Å². The van der Waals surface area contributed by atoms with Gasteiger partial charge in [0.25, 0.3) is 0 Å². The van der Waals surface area contributed by atoms with Crippen molar-refractivity contribution < 1.29 is 24.9 Å². The maximum atomic E-state index is 11.8. The molecule has 0 aromatic heterocycles. The quantitative estimate of drug-likeness (QED) is 0.468. The number of ether oxygens (including phenoxy) is 1. The number of hydrogen-bond donors (Lipinski definition) is 3. The first-order valence-electron chi connectivity index (χ1n) is 7.77. The molecule has 5 atom stereocenters. The molecule has 0 amide bonds. The van der Waals surface area contributed by atoms with Crippen LogP contribution >= 0.6 is 0 Å². The van der Waals surface area contributed by atoms with Gasteiger partial charge in [0, 0.05) is 0 Å². The van der Waals surface area contributed by atoms with Gasteiger partial charge in [-0.1, -0.05) is 25.2 Å². The summed E-state index contributed by atoms with van der Waals surface area (Å²) >= 11 is 0. The second-order valence-electron chi connectivity index (χ2n) is 6.45. The van der Waals surface area contributed by atoms with E-state index in [1.165, 1.54) is 19.1 Å². The van der Waals surface area contributed by atoms with Crippen molar-refractivity contribution in [2.24, 2.45) is 5.92 Å². The molecule has 0 aromatic rings. The highest BCUT2D eigenvalue weighted by Gasteiger charge is 2.31. The molecule has 0 aromatic carbocycles. The van der Waals surface area contributed by atoms with Crippen LogP contribution in [0.5, 0.6) is 0 Å². The molecule has 1 aliphatic rings. The molecule has 5 nitrogen and oxygen atoms in total. The van der Waals surface area contributed by atoms with Crippen LogP contribution in [0.25, 0.3) is 0 Å². The lowest BCUT2D eigenvalue weighted by molar-refractivity contribution is -0.156. The summed E-state index contributed by atoms with van der Waals surface area (Å²) < 4.78 is 5.31. The molecule has 22 heavy (non-hydrogen) atoms. The Bertz CT molecular complexity index is 438. The van der Waals surface area contributed by atoms with Crippen LogP contribution in [0.3, 0.4) is 0 Å². The van der Waals surface area contributed by atoms with Gasteiger partial charge in [-0.2, -0.15) is 0 Å². The fourth-order valence-corrected chi connectivity index (χ4v) is 2.21. The maximum Gasteiger partial charge on any atom is 0.308 e. The summed E-state index contributed by atoms with van der Waals surface area (Å²) in [4.78, 5) is 11.8. The van der Waals surface area contributed by atoms with E-state index in [-0.39, 0.29) is 18.4 Å². The minimum absolute atomic E-state index is 0.168. The van der Waals surface area contributed by atoms with Crippen LogP contribution in [-0.2, 0) is 9.53 Å². The first kappa shape index (κ1) is 18.9. The molecule has 0 fully saturated rings. The van der Waals surface area contributed by atoms with E-state index in [0.717, 1.165) is 18.4 Å². The Morgan fingerprint density at radius 1 is 1.32 bits per heavy atom. The smallest absolute Gasteiger partial charge is 0.308 e. The van der Waals surface area contributed by atoms with Crippen LogP contribution in [0.1, 0.15) is 47.0 Å². The number of aliphatic hydroxyl groups excluding tert-OH is 2. The van der Waals surface area contributed by atoms with Crippen LogP contribution in [-0.4, -0.2) is 45.2 Å². The minimum Gasteiger partial charge on any atom is -0.462 e. The van der Waals surface area contributed by atoms with E-state index < -0.39 is 23.8 Å². The lowest BCUT2D eigenvalue weighted by Gasteiger charge is -2.27. The maximum absolute atomic E-state index is 11.8. The molecule has 0 saturated carbocycles. The lowest BCUT2D eigenvalue weighted by atomic mass is 9.93. The molecule has 5 heteroatoms. The standard InChI is InChI=1S/C17H28O5/c1-11-6-5-7-12(2)14(18)8-9-17(4,21)15(19)10-16(20)22-13(11)3/h7-9,11,13-15,18-19,21H,5-6,10H2,1-4H3. The molecule has 1 aliphatic heterocycles. The molecule has 1 heterocycles. The van der Waals surface area contributed by atoms with Gasteiger partial charge in [0.2, 0.25) is 0 Å². The van der Waals surface area contributed by atoms with Crippen molar-refractivity contribution in [3.8, 4) is 0 Å². The van der Waals surface area contributed by atoms with Gasteiger partial charge in [0.05, 0.1) is 18.6 Å². The largest absolute Gasteiger partial charge is 0.462 e. The Balaban J connectivity index is 2.98. The SMILES string of the molecule is CC1=CCCC(C)C(C)OC(=O)CC(O)C(C)(O)C=CC1O.